The van der Waals surface area contributed by atoms with Crippen LogP contribution in [0.1, 0.15) is 49.5 Å². The minimum Gasteiger partial charge on any atom is -0.357 e. The van der Waals surface area contributed by atoms with E-state index in [0.29, 0.717) is 6.54 Å². The highest BCUT2D eigenvalue weighted by atomic mass is 16.6. The standard InChI is InChI=1S/C23H25N7O2/c1-23(2,3)29-22(25-26-27-29)21(15-8-10-16(11-9-15)30(31)32)28-13-12-18-17-6-4-5-7-19(17)24-20(18)14-28/h4-11,21,24H,12-14H2,1-3H3. The number of aromatic nitrogens is 5. The van der Waals surface area contributed by atoms with E-state index < -0.39 is 0 Å². The van der Waals surface area contributed by atoms with E-state index in [1.807, 2.05) is 22.9 Å². The largest absolute Gasteiger partial charge is 0.357 e. The van der Waals surface area contributed by atoms with Gasteiger partial charge in [-0.3, -0.25) is 15.0 Å². The molecule has 0 saturated carbocycles. The second-order valence-electron chi connectivity index (χ2n) is 9.22. The predicted octanol–water partition coefficient (Wildman–Crippen LogP) is 3.97. The third kappa shape index (κ3) is 3.44. The molecule has 2 aromatic carbocycles. The molecule has 1 aliphatic heterocycles. The molecule has 3 heterocycles. The first-order valence-corrected chi connectivity index (χ1v) is 10.7. The number of hydrogen-bond donors (Lipinski definition) is 1. The van der Waals surface area contributed by atoms with Gasteiger partial charge in [-0.25, -0.2) is 4.68 Å². The molecule has 164 valence electrons. The van der Waals surface area contributed by atoms with Gasteiger partial charge in [-0.1, -0.05) is 30.3 Å². The first-order valence-electron chi connectivity index (χ1n) is 10.7. The molecule has 0 saturated heterocycles. The summed E-state index contributed by atoms with van der Waals surface area (Å²) in [6.07, 6.45) is 0.903. The van der Waals surface area contributed by atoms with Crippen LogP contribution < -0.4 is 0 Å². The molecule has 0 radical (unpaired) electrons. The maximum absolute atomic E-state index is 11.2. The van der Waals surface area contributed by atoms with Crippen LogP contribution in [0.15, 0.2) is 48.5 Å². The Morgan fingerprint density at radius 3 is 2.59 bits per heavy atom. The van der Waals surface area contributed by atoms with Crippen molar-refractivity contribution in [1.29, 1.82) is 0 Å². The summed E-state index contributed by atoms with van der Waals surface area (Å²) in [5.74, 6) is 0.728. The fraction of sp³-hybridized carbons (Fsp3) is 0.348. The Morgan fingerprint density at radius 1 is 1.12 bits per heavy atom. The fourth-order valence-electron chi connectivity index (χ4n) is 4.58. The highest BCUT2D eigenvalue weighted by Gasteiger charge is 2.34. The number of nitro groups is 1. The second-order valence-corrected chi connectivity index (χ2v) is 9.22. The number of para-hydroxylation sites is 1. The molecule has 1 unspecified atom stereocenters. The smallest absolute Gasteiger partial charge is 0.269 e. The summed E-state index contributed by atoms with van der Waals surface area (Å²) in [6.45, 7) is 7.72. The van der Waals surface area contributed by atoms with Gasteiger partial charge in [-0.05, 0) is 54.8 Å². The lowest BCUT2D eigenvalue weighted by Crippen LogP contribution is -2.38. The van der Waals surface area contributed by atoms with E-state index in [9.17, 15) is 10.1 Å². The van der Waals surface area contributed by atoms with Crippen LogP contribution in [0.5, 0.6) is 0 Å². The van der Waals surface area contributed by atoms with Crippen molar-refractivity contribution in [2.24, 2.45) is 0 Å². The molecule has 1 atom stereocenters. The van der Waals surface area contributed by atoms with Crippen LogP contribution in [0.2, 0.25) is 0 Å². The van der Waals surface area contributed by atoms with Gasteiger partial charge in [0.15, 0.2) is 5.82 Å². The zero-order chi connectivity index (χ0) is 22.5. The van der Waals surface area contributed by atoms with Crippen molar-refractivity contribution in [3.05, 3.63) is 81.3 Å². The molecule has 2 aromatic heterocycles. The molecule has 0 fully saturated rings. The molecule has 0 spiro atoms. The summed E-state index contributed by atoms with van der Waals surface area (Å²) in [7, 11) is 0. The molecule has 4 aromatic rings. The summed E-state index contributed by atoms with van der Waals surface area (Å²) in [6, 6.07) is 14.9. The maximum Gasteiger partial charge on any atom is 0.269 e. The van der Waals surface area contributed by atoms with E-state index in [1.54, 1.807) is 12.1 Å². The van der Waals surface area contributed by atoms with Crippen molar-refractivity contribution in [3.8, 4) is 0 Å². The van der Waals surface area contributed by atoms with Crippen molar-refractivity contribution >= 4 is 16.6 Å². The van der Waals surface area contributed by atoms with Crippen LogP contribution in [0, 0.1) is 10.1 Å². The predicted molar refractivity (Wildman–Crippen MR) is 120 cm³/mol. The van der Waals surface area contributed by atoms with Crippen molar-refractivity contribution in [1.82, 2.24) is 30.1 Å². The Balaban J connectivity index is 1.59. The Morgan fingerprint density at radius 2 is 1.88 bits per heavy atom. The SMILES string of the molecule is CC(C)(C)n1nnnc1C(c1ccc([N+](=O)[O-])cc1)N1CCc2c([nH]c3ccccc23)C1. The minimum absolute atomic E-state index is 0.0689. The van der Waals surface area contributed by atoms with Gasteiger partial charge < -0.3 is 4.98 Å². The lowest BCUT2D eigenvalue weighted by molar-refractivity contribution is -0.384. The van der Waals surface area contributed by atoms with Gasteiger partial charge in [0, 0.05) is 41.8 Å². The summed E-state index contributed by atoms with van der Waals surface area (Å²) >= 11 is 0. The number of tetrazole rings is 1. The number of non-ortho nitro benzene ring substituents is 1. The molecular formula is C23H25N7O2. The Hall–Kier alpha value is -3.59. The van der Waals surface area contributed by atoms with Crippen LogP contribution >= 0.6 is 0 Å². The molecule has 9 nitrogen and oxygen atoms in total. The van der Waals surface area contributed by atoms with Gasteiger partial charge in [0.05, 0.1) is 16.5 Å². The average molecular weight is 432 g/mol. The van der Waals surface area contributed by atoms with E-state index in [-0.39, 0.29) is 22.2 Å². The van der Waals surface area contributed by atoms with Crippen LogP contribution in [-0.4, -0.2) is 41.6 Å². The van der Waals surface area contributed by atoms with Crippen molar-refractivity contribution in [3.63, 3.8) is 0 Å². The molecular weight excluding hydrogens is 406 g/mol. The quantitative estimate of drug-likeness (QED) is 0.387. The number of nitrogens with one attached hydrogen (secondary N) is 1. The first-order chi connectivity index (χ1) is 15.3. The number of rotatable bonds is 4. The third-order valence-corrected chi connectivity index (χ3v) is 6.07. The highest BCUT2D eigenvalue weighted by Crippen LogP contribution is 2.36. The van der Waals surface area contributed by atoms with E-state index in [1.165, 1.54) is 16.6 Å². The van der Waals surface area contributed by atoms with Gasteiger partial charge in [0.25, 0.3) is 5.69 Å². The summed E-state index contributed by atoms with van der Waals surface area (Å²) in [5.41, 5.74) is 4.38. The van der Waals surface area contributed by atoms with E-state index in [2.05, 4.69) is 64.4 Å². The van der Waals surface area contributed by atoms with Gasteiger partial charge in [-0.2, -0.15) is 0 Å². The monoisotopic (exact) mass is 431 g/mol. The highest BCUT2D eigenvalue weighted by molar-refractivity contribution is 5.84. The van der Waals surface area contributed by atoms with Crippen molar-refractivity contribution in [2.45, 2.75) is 45.3 Å². The molecule has 32 heavy (non-hydrogen) atoms. The van der Waals surface area contributed by atoms with Crippen LogP contribution in [-0.2, 0) is 18.5 Å². The summed E-state index contributed by atoms with van der Waals surface area (Å²) in [4.78, 5) is 16.7. The van der Waals surface area contributed by atoms with Crippen LogP contribution in [0.3, 0.4) is 0 Å². The van der Waals surface area contributed by atoms with E-state index in [4.69, 9.17) is 0 Å². The van der Waals surface area contributed by atoms with Crippen LogP contribution in [0.4, 0.5) is 5.69 Å². The topological polar surface area (TPSA) is 106 Å². The molecule has 5 rings (SSSR count). The van der Waals surface area contributed by atoms with Gasteiger partial charge in [0.2, 0.25) is 0 Å². The molecule has 0 amide bonds. The molecule has 0 aliphatic carbocycles. The summed E-state index contributed by atoms with van der Waals surface area (Å²) < 4.78 is 1.85. The van der Waals surface area contributed by atoms with Gasteiger partial charge >= 0.3 is 0 Å². The van der Waals surface area contributed by atoms with E-state index in [0.717, 1.165) is 29.9 Å². The average Bonchev–Trinajstić information content (AvgIpc) is 3.39. The molecule has 0 bridgehead atoms. The van der Waals surface area contributed by atoms with Crippen molar-refractivity contribution in [2.75, 3.05) is 6.54 Å². The number of nitrogens with zero attached hydrogens (tertiary/aromatic N) is 6. The molecule has 9 heteroatoms. The number of H-pyrrole nitrogens is 1. The maximum atomic E-state index is 11.2. The zero-order valence-corrected chi connectivity index (χ0v) is 18.3. The number of hydrogen-bond acceptors (Lipinski definition) is 6. The fourth-order valence-corrected chi connectivity index (χ4v) is 4.58. The zero-order valence-electron chi connectivity index (χ0n) is 18.3. The lowest BCUT2D eigenvalue weighted by atomic mass is 9.97. The minimum atomic E-state index is -0.379. The number of aromatic amines is 1. The number of benzene rings is 2. The lowest BCUT2D eigenvalue weighted by Gasteiger charge is -2.35. The number of nitro benzene ring substituents is 1. The number of fused-ring (bicyclic) bond motifs is 3. The Bertz CT molecular complexity index is 1280. The molecule has 1 aliphatic rings. The van der Waals surface area contributed by atoms with Gasteiger partial charge in [0.1, 0.15) is 0 Å². The normalized spacial score (nSPS) is 15.6. The van der Waals surface area contributed by atoms with Crippen molar-refractivity contribution < 1.29 is 4.92 Å². The van der Waals surface area contributed by atoms with Crippen LogP contribution in [0.25, 0.3) is 10.9 Å². The first kappa shape index (κ1) is 20.3. The Kier molecular flexibility index (Phi) is 4.78. The third-order valence-electron chi connectivity index (χ3n) is 6.07. The second kappa shape index (κ2) is 7.52. The van der Waals surface area contributed by atoms with Gasteiger partial charge in [-0.15, -0.1) is 5.10 Å². The molecule has 1 N–H and O–H groups in total. The Labute approximate surface area is 185 Å². The summed E-state index contributed by atoms with van der Waals surface area (Å²) in [5, 5.41) is 25.1. The van der Waals surface area contributed by atoms with E-state index >= 15 is 0 Å².